The summed E-state index contributed by atoms with van der Waals surface area (Å²) in [6, 6.07) is -0.886. The maximum Gasteiger partial charge on any atom is 0.240 e. The molecule has 0 radical (unpaired) electrons. The first kappa shape index (κ1) is 30.6. The van der Waals surface area contributed by atoms with Gasteiger partial charge in [-0.25, -0.2) is 0 Å². The molecule has 0 bridgehead atoms. The van der Waals surface area contributed by atoms with Crippen LogP contribution < -0.4 is 26.6 Å². The first-order valence-electron chi connectivity index (χ1n) is 10.7. The van der Waals surface area contributed by atoms with Crippen molar-refractivity contribution >= 4 is 61.1 Å². The van der Waals surface area contributed by atoms with Gasteiger partial charge in [0.25, 0.3) is 0 Å². The van der Waals surface area contributed by atoms with Gasteiger partial charge in [0.2, 0.25) is 17.7 Å². The normalized spacial score (nSPS) is 12.5. The molecular formula is C20H35Br2N5O5. The van der Waals surface area contributed by atoms with Crippen LogP contribution in [0.4, 0.5) is 0 Å². The number of Topliss-reactive ketones (excluding diaryl/α,β-unsaturated/α-hetero) is 2. The monoisotopic (exact) mass is 583 g/mol. The van der Waals surface area contributed by atoms with Crippen LogP contribution in [0, 0.1) is 0 Å². The summed E-state index contributed by atoms with van der Waals surface area (Å²) < 4.78 is 0. The molecule has 0 aromatic heterocycles. The fraction of sp³-hybridized carbons (Fsp3) is 0.750. The molecule has 12 heteroatoms. The van der Waals surface area contributed by atoms with E-state index in [9.17, 15) is 24.0 Å². The lowest BCUT2D eigenvalue weighted by molar-refractivity contribution is -0.125. The van der Waals surface area contributed by atoms with Gasteiger partial charge in [0.05, 0.1) is 42.5 Å². The zero-order valence-electron chi connectivity index (χ0n) is 18.7. The lowest BCUT2D eigenvalue weighted by atomic mass is 10.0. The number of hydrogen-bond acceptors (Lipinski definition) is 7. The number of alkyl halides is 2. The predicted octanol–water partition coefficient (Wildman–Crippen LogP) is 0.127. The van der Waals surface area contributed by atoms with Crippen molar-refractivity contribution in [1.82, 2.24) is 26.6 Å². The Bertz CT molecular complexity index is 621. The van der Waals surface area contributed by atoms with Crippen LogP contribution in [0.5, 0.6) is 0 Å². The van der Waals surface area contributed by atoms with Gasteiger partial charge in [-0.15, -0.1) is 0 Å². The molecule has 0 aliphatic carbocycles. The van der Waals surface area contributed by atoms with E-state index in [2.05, 4.69) is 58.4 Å². The minimum Gasteiger partial charge on any atom is -0.355 e. The van der Waals surface area contributed by atoms with Crippen molar-refractivity contribution in [1.29, 1.82) is 0 Å². The molecule has 0 rings (SSSR count). The van der Waals surface area contributed by atoms with Crippen molar-refractivity contribution in [2.75, 3.05) is 37.0 Å². The number of hydrogen-bond donors (Lipinski definition) is 5. The maximum atomic E-state index is 12.7. The third kappa shape index (κ3) is 14.6. The van der Waals surface area contributed by atoms with E-state index in [1.165, 1.54) is 0 Å². The van der Waals surface area contributed by atoms with E-state index in [4.69, 9.17) is 0 Å². The van der Waals surface area contributed by atoms with E-state index in [0.717, 1.165) is 0 Å². The van der Waals surface area contributed by atoms with Crippen LogP contribution >= 0.6 is 31.9 Å². The van der Waals surface area contributed by atoms with E-state index >= 15 is 0 Å². The summed E-state index contributed by atoms with van der Waals surface area (Å²) in [5.74, 6) is -0.829. The lowest BCUT2D eigenvalue weighted by Crippen LogP contribution is -2.49. The summed E-state index contributed by atoms with van der Waals surface area (Å²) in [5, 5.41) is 14.2. The molecule has 0 aliphatic heterocycles. The van der Waals surface area contributed by atoms with Crippen molar-refractivity contribution in [3.63, 3.8) is 0 Å². The van der Waals surface area contributed by atoms with Crippen molar-refractivity contribution in [2.24, 2.45) is 0 Å². The molecule has 0 saturated carbocycles. The van der Waals surface area contributed by atoms with Gasteiger partial charge in [0.15, 0.2) is 5.78 Å². The van der Waals surface area contributed by atoms with Gasteiger partial charge in [-0.1, -0.05) is 45.7 Å². The first-order chi connectivity index (χ1) is 15.3. The van der Waals surface area contributed by atoms with Crippen molar-refractivity contribution in [3.05, 3.63) is 0 Å². The molecule has 0 heterocycles. The lowest BCUT2D eigenvalue weighted by Gasteiger charge is -2.20. The van der Waals surface area contributed by atoms with E-state index < -0.39 is 6.04 Å². The van der Waals surface area contributed by atoms with Crippen molar-refractivity contribution < 1.29 is 24.0 Å². The number of unbranched alkanes of at least 4 members (excludes halogenated alkanes) is 1. The Balaban J connectivity index is 4.64. The predicted molar refractivity (Wildman–Crippen MR) is 130 cm³/mol. The summed E-state index contributed by atoms with van der Waals surface area (Å²) in [5.41, 5.74) is 0. The summed E-state index contributed by atoms with van der Waals surface area (Å²) in [6.07, 6.45) is 2.90. The summed E-state index contributed by atoms with van der Waals surface area (Å²) in [7, 11) is 0. The number of nitrogens with one attached hydrogen (secondary N) is 5. The molecule has 3 amide bonds. The topological polar surface area (TPSA) is 146 Å². The van der Waals surface area contributed by atoms with E-state index in [0.29, 0.717) is 38.6 Å². The molecule has 0 aliphatic rings. The van der Waals surface area contributed by atoms with Gasteiger partial charge in [0, 0.05) is 13.0 Å². The third-order valence-corrected chi connectivity index (χ3v) is 5.64. The molecule has 32 heavy (non-hydrogen) atoms. The van der Waals surface area contributed by atoms with Crippen molar-refractivity contribution in [3.8, 4) is 0 Å². The van der Waals surface area contributed by atoms with Gasteiger partial charge < -0.3 is 21.3 Å². The number of carbonyl (C=O) groups is 5. The highest BCUT2D eigenvalue weighted by molar-refractivity contribution is 9.09. The van der Waals surface area contributed by atoms with Crippen LogP contribution in [-0.4, -0.2) is 78.3 Å². The molecule has 0 unspecified atom stereocenters. The van der Waals surface area contributed by atoms with Gasteiger partial charge in [0.1, 0.15) is 5.78 Å². The summed E-state index contributed by atoms with van der Waals surface area (Å²) in [4.78, 5) is 58.9. The fourth-order valence-corrected chi connectivity index (χ4v) is 3.16. The highest BCUT2D eigenvalue weighted by Gasteiger charge is 2.21. The van der Waals surface area contributed by atoms with E-state index in [-0.39, 0.29) is 65.7 Å². The fourth-order valence-electron chi connectivity index (χ4n) is 2.77. The average molecular weight is 585 g/mol. The Morgan fingerprint density at radius 1 is 0.719 bits per heavy atom. The summed E-state index contributed by atoms with van der Waals surface area (Å²) in [6.45, 7) is 4.13. The van der Waals surface area contributed by atoms with Crippen LogP contribution in [0.3, 0.4) is 0 Å². The Morgan fingerprint density at radius 2 is 1.38 bits per heavy atom. The Morgan fingerprint density at radius 3 is 1.97 bits per heavy atom. The smallest absolute Gasteiger partial charge is 0.240 e. The Kier molecular flexibility index (Phi) is 18.3. The van der Waals surface area contributed by atoms with Gasteiger partial charge in [-0.3, -0.25) is 29.3 Å². The molecule has 184 valence electrons. The van der Waals surface area contributed by atoms with Crippen LogP contribution in [0.2, 0.25) is 0 Å². The molecule has 5 N–H and O–H groups in total. The average Bonchev–Trinajstić information content (AvgIpc) is 2.80. The summed E-state index contributed by atoms with van der Waals surface area (Å²) >= 11 is 6.08. The largest absolute Gasteiger partial charge is 0.355 e. The highest BCUT2D eigenvalue weighted by atomic mass is 79.9. The minimum absolute atomic E-state index is 0.0392. The van der Waals surface area contributed by atoms with Crippen LogP contribution in [-0.2, 0) is 24.0 Å². The van der Waals surface area contributed by atoms with Gasteiger partial charge in [-0.2, -0.15) is 0 Å². The van der Waals surface area contributed by atoms with Gasteiger partial charge >= 0.3 is 0 Å². The highest BCUT2D eigenvalue weighted by Crippen LogP contribution is 2.03. The zero-order valence-corrected chi connectivity index (χ0v) is 21.9. The number of ketones is 2. The minimum atomic E-state index is -0.527. The number of carbonyl (C=O) groups excluding carboxylic acids is 5. The van der Waals surface area contributed by atoms with Crippen molar-refractivity contribution in [2.45, 2.75) is 58.0 Å². The standard InChI is InChI=1S/C20H35Br2N5O5/c1-3-14(16(28)4-2)24-11-17(29)15(7-5-6-8-23-18(30)9-21)26-13-27-20(32)12-25-19(31)10-22/h14-15,24,26H,3-13H2,1-2H3,(H,23,30)(H,25,31)(H,27,32)/t14-,15-/m0/s1. The maximum absolute atomic E-state index is 12.7. The number of halogens is 2. The number of rotatable bonds is 19. The SMILES string of the molecule is CCC(=O)[C@H](CC)NCC(=O)[C@H](CCCCNC(=O)CBr)NCNC(=O)CNC(=O)CBr. The molecule has 0 aromatic rings. The van der Waals surface area contributed by atoms with E-state index in [1.807, 2.05) is 6.92 Å². The molecule has 0 spiro atoms. The van der Waals surface area contributed by atoms with E-state index in [1.54, 1.807) is 6.92 Å². The molecule has 0 saturated heterocycles. The van der Waals surface area contributed by atoms with Crippen LogP contribution in [0.25, 0.3) is 0 Å². The molecule has 0 fully saturated rings. The zero-order chi connectivity index (χ0) is 24.4. The van der Waals surface area contributed by atoms with Crippen LogP contribution in [0.15, 0.2) is 0 Å². The quantitative estimate of drug-likeness (QED) is 0.0824. The second-order valence-corrected chi connectivity index (χ2v) is 8.17. The molecule has 10 nitrogen and oxygen atoms in total. The first-order valence-corrected chi connectivity index (χ1v) is 13.0. The number of amides is 3. The Labute approximate surface area is 206 Å². The van der Waals surface area contributed by atoms with Crippen LogP contribution in [0.1, 0.15) is 46.0 Å². The van der Waals surface area contributed by atoms with Gasteiger partial charge in [-0.05, 0) is 25.7 Å². The second kappa shape index (κ2) is 19.1. The second-order valence-electron chi connectivity index (χ2n) is 7.05. The Hall–Kier alpha value is -1.37. The molecular weight excluding hydrogens is 550 g/mol. The third-order valence-electron chi connectivity index (χ3n) is 4.62. The molecule has 2 atom stereocenters. The molecule has 0 aromatic carbocycles.